The Balaban J connectivity index is 1.31. The molecule has 0 spiro atoms. The fourth-order valence-corrected chi connectivity index (χ4v) is 5.07. The van der Waals surface area contributed by atoms with Crippen molar-refractivity contribution in [1.29, 1.82) is 5.26 Å². The third-order valence-electron chi connectivity index (χ3n) is 6.08. The zero-order chi connectivity index (χ0) is 25.1. The molecule has 10 nitrogen and oxygen atoms in total. The van der Waals surface area contributed by atoms with Gasteiger partial charge >= 0.3 is 0 Å². The second-order valence-electron chi connectivity index (χ2n) is 8.62. The molecule has 0 aliphatic carbocycles. The molecule has 0 atom stereocenters. The molecule has 5 rings (SSSR count). The van der Waals surface area contributed by atoms with Gasteiger partial charge < -0.3 is 20.5 Å². The number of aromatic nitrogens is 3. The Morgan fingerprint density at radius 3 is 2.50 bits per heavy atom. The van der Waals surface area contributed by atoms with Gasteiger partial charge in [0.1, 0.15) is 11.5 Å². The minimum atomic E-state index is -3.15. The normalized spacial score (nSPS) is 14.5. The van der Waals surface area contributed by atoms with Crippen molar-refractivity contribution < 1.29 is 8.42 Å². The quantitative estimate of drug-likeness (QED) is 0.350. The number of piperazine rings is 1. The fourth-order valence-electron chi connectivity index (χ4n) is 4.24. The van der Waals surface area contributed by atoms with Crippen molar-refractivity contribution >= 4 is 49.9 Å². The van der Waals surface area contributed by atoms with Gasteiger partial charge in [0.2, 0.25) is 16.0 Å². The second-order valence-corrected chi connectivity index (χ2v) is 10.6. The molecule has 3 heterocycles. The highest BCUT2D eigenvalue weighted by molar-refractivity contribution is 7.88. The van der Waals surface area contributed by atoms with Gasteiger partial charge in [0.15, 0.2) is 0 Å². The van der Waals surface area contributed by atoms with Gasteiger partial charge in [-0.25, -0.2) is 8.42 Å². The number of hydrogen-bond donors (Lipinski definition) is 3. The molecule has 4 aromatic rings. The number of aromatic amines is 1. The Morgan fingerprint density at radius 1 is 1.00 bits per heavy atom. The number of anilines is 5. The van der Waals surface area contributed by atoms with E-state index in [0.29, 0.717) is 50.0 Å². The van der Waals surface area contributed by atoms with Gasteiger partial charge in [0.05, 0.1) is 24.1 Å². The summed E-state index contributed by atoms with van der Waals surface area (Å²) in [4.78, 5) is 14.6. The van der Waals surface area contributed by atoms with Gasteiger partial charge in [-0.1, -0.05) is 12.1 Å². The highest BCUT2D eigenvalue weighted by atomic mass is 32.2. The summed E-state index contributed by atoms with van der Waals surface area (Å²) in [5.41, 5.74) is 4.34. The molecule has 0 unspecified atom stereocenters. The molecule has 0 amide bonds. The summed E-state index contributed by atoms with van der Waals surface area (Å²) in [6.45, 7) is 2.27. The van der Waals surface area contributed by atoms with Crippen LogP contribution in [0.5, 0.6) is 0 Å². The highest BCUT2D eigenvalue weighted by Crippen LogP contribution is 2.27. The molecule has 2 aromatic carbocycles. The van der Waals surface area contributed by atoms with Crippen molar-refractivity contribution in [1.82, 2.24) is 19.3 Å². The van der Waals surface area contributed by atoms with Crippen LogP contribution in [0.2, 0.25) is 0 Å². The van der Waals surface area contributed by atoms with E-state index in [1.807, 2.05) is 60.8 Å². The zero-order valence-electron chi connectivity index (χ0n) is 19.8. The molecule has 3 N–H and O–H groups in total. The van der Waals surface area contributed by atoms with Crippen molar-refractivity contribution in [2.45, 2.75) is 6.42 Å². The summed E-state index contributed by atoms with van der Waals surface area (Å²) in [6.07, 6.45) is 3.41. The molecule has 11 heteroatoms. The Morgan fingerprint density at radius 2 is 1.78 bits per heavy atom. The third-order valence-corrected chi connectivity index (χ3v) is 7.39. The number of H-pyrrole nitrogens is 1. The van der Waals surface area contributed by atoms with E-state index in [-0.39, 0.29) is 0 Å². The number of nitrogens with one attached hydrogen (secondary N) is 3. The van der Waals surface area contributed by atoms with Crippen LogP contribution in [0, 0.1) is 11.3 Å². The number of benzene rings is 2. The first-order valence-corrected chi connectivity index (χ1v) is 13.4. The Kier molecular flexibility index (Phi) is 6.45. The van der Waals surface area contributed by atoms with Gasteiger partial charge in [-0.05, 0) is 48.0 Å². The minimum absolute atomic E-state index is 0.342. The molecular formula is C25H26N8O2S. The number of nitriles is 1. The Labute approximate surface area is 209 Å². The van der Waals surface area contributed by atoms with E-state index in [9.17, 15) is 8.42 Å². The topological polar surface area (TPSA) is 130 Å². The van der Waals surface area contributed by atoms with Crippen LogP contribution in [-0.2, 0) is 16.4 Å². The molecule has 0 bridgehead atoms. The van der Waals surface area contributed by atoms with E-state index < -0.39 is 10.0 Å². The summed E-state index contributed by atoms with van der Waals surface area (Å²) in [6, 6.07) is 19.7. The van der Waals surface area contributed by atoms with Gasteiger partial charge in [-0.2, -0.15) is 19.5 Å². The minimum Gasteiger partial charge on any atom is -0.369 e. The lowest BCUT2D eigenvalue weighted by molar-refractivity contribution is 0.388. The molecule has 36 heavy (non-hydrogen) atoms. The van der Waals surface area contributed by atoms with Crippen molar-refractivity contribution in [2.75, 3.05) is 48.0 Å². The van der Waals surface area contributed by atoms with Crippen LogP contribution in [0.15, 0.2) is 60.8 Å². The van der Waals surface area contributed by atoms with E-state index in [2.05, 4.69) is 31.6 Å². The SMILES string of the molecule is CS(=O)(=O)N1CCN(c2ccc(Nc3nc(Nc4cccc(CC#N)c4)c4cc[nH]c4n3)cc2)CC1. The maximum Gasteiger partial charge on any atom is 0.231 e. The van der Waals surface area contributed by atoms with Crippen molar-refractivity contribution in [2.24, 2.45) is 0 Å². The van der Waals surface area contributed by atoms with Crippen LogP contribution in [-0.4, -0.2) is 60.1 Å². The van der Waals surface area contributed by atoms with Gasteiger partial charge in [-0.3, -0.25) is 0 Å². The van der Waals surface area contributed by atoms with Crippen molar-refractivity contribution in [3.05, 3.63) is 66.4 Å². The number of rotatable bonds is 7. The van der Waals surface area contributed by atoms with E-state index >= 15 is 0 Å². The monoisotopic (exact) mass is 502 g/mol. The van der Waals surface area contributed by atoms with Crippen LogP contribution in [0.25, 0.3) is 11.0 Å². The summed E-state index contributed by atoms with van der Waals surface area (Å²) < 4.78 is 25.0. The predicted molar refractivity (Wildman–Crippen MR) is 141 cm³/mol. The highest BCUT2D eigenvalue weighted by Gasteiger charge is 2.23. The number of nitrogens with zero attached hydrogens (tertiary/aromatic N) is 5. The summed E-state index contributed by atoms with van der Waals surface area (Å²) in [7, 11) is -3.15. The molecular weight excluding hydrogens is 476 g/mol. The third kappa shape index (κ3) is 5.25. The number of sulfonamides is 1. The van der Waals surface area contributed by atoms with Crippen molar-refractivity contribution in [3.8, 4) is 6.07 Å². The van der Waals surface area contributed by atoms with Crippen LogP contribution in [0.4, 0.5) is 28.8 Å². The zero-order valence-corrected chi connectivity index (χ0v) is 20.6. The second kappa shape index (κ2) is 9.85. The smallest absolute Gasteiger partial charge is 0.231 e. The van der Waals surface area contributed by atoms with E-state index in [0.717, 1.165) is 28.0 Å². The largest absolute Gasteiger partial charge is 0.369 e. The molecule has 1 aliphatic heterocycles. The standard InChI is InChI=1S/C25H26N8O2S/c1-36(34,35)33-15-13-32(14-16-33)21-7-5-19(6-8-21)29-25-30-23-22(10-12-27-23)24(31-25)28-20-4-2-3-18(17-20)9-11-26/h2-8,10,12,17H,9,13-16H2,1H3,(H3,27,28,29,30,31). The molecule has 1 aliphatic rings. The van der Waals surface area contributed by atoms with Crippen LogP contribution in [0.1, 0.15) is 5.56 Å². The maximum atomic E-state index is 11.7. The molecule has 184 valence electrons. The lowest BCUT2D eigenvalue weighted by Gasteiger charge is -2.34. The van der Waals surface area contributed by atoms with Gasteiger partial charge in [0, 0.05) is 49.4 Å². The molecule has 0 radical (unpaired) electrons. The maximum absolute atomic E-state index is 11.7. The lowest BCUT2D eigenvalue weighted by atomic mass is 10.1. The van der Waals surface area contributed by atoms with E-state index in [1.165, 1.54) is 10.6 Å². The lowest BCUT2D eigenvalue weighted by Crippen LogP contribution is -2.48. The Hall–Kier alpha value is -4.14. The first kappa shape index (κ1) is 23.6. The molecule has 2 aromatic heterocycles. The average molecular weight is 503 g/mol. The van der Waals surface area contributed by atoms with E-state index in [1.54, 1.807) is 0 Å². The fraction of sp³-hybridized carbons (Fsp3) is 0.240. The Bertz CT molecular complexity index is 1520. The molecule has 1 fully saturated rings. The number of hydrogen-bond acceptors (Lipinski definition) is 8. The van der Waals surface area contributed by atoms with Crippen LogP contribution in [0.3, 0.4) is 0 Å². The summed E-state index contributed by atoms with van der Waals surface area (Å²) >= 11 is 0. The first-order chi connectivity index (χ1) is 17.4. The van der Waals surface area contributed by atoms with Crippen LogP contribution >= 0.6 is 0 Å². The van der Waals surface area contributed by atoms with E-state index in [4.69, 9.17) is 10.2 Å². The molecule has 0 saturated carbocycles. The van der Waals surface area contributed by atoms with Crippen molar-refractivity contribution in [3.63, 3.8) is 0 Å². The summed E-state index contributed by atoms with van der Waals surface area (Å²) in [5.74, 6) is 1.09. The predicted octanol–water partition coefficient (Wildman–Crippen LogP) is 3.59. The van der Waals surface area contributed by atoms with Crippen LogP contribution < -0.4 is 15.5 Å². The first-order valence-electron chi connectivity index (χ1n) is 11.5. The average Bonchev–Trinajstić information content (AvgIpc) is 3.34. The summed E-state index contributed by atoms with van der Waals surface area (Å²) in [5, 5.41) is 16.5. The molecule has 1 saturated heterocycles. The number of fused-ring (bicyclic) bond motifs is 1. The van der Waals surface area contributed by atoms with Gasteiger partial charge in [-0.15, -0.1) is 0 Å². The van der Waals surface area contributed by atoms with Gasteiger partial charge in [0.25, 0.3) is 0 Å².